The van der Waals surface area contributed by atoms with Crippen LogP contribution >= 0.6 is 11.8 Å². The van der Waals surface area contributed by atoms with Crippen LogP contribution < -0.4 is 0 Å². The number of ether oxygens (including phenoxy) is 2. The van der Waals surface area contributed by atoms with Crippen molar-refractivity contribution in [2.75, 3.05) is 25.2 Å². The summed E-state index contributed by atoms with van der Waals surface area (Å²) in [6.07, 6.45) is 0. The van der Waals surface area contributed by atoms with Crippen LogP contribution in [0.4, 0.5) is 0 Å². The molecule has 0 saturated heterocycles. The fourth-order valence-corrected chi connectivity index (χ4v) is 1.68. The van der Waals surface area contributed by atoms with E-state index >= 15 is 0 Å². The summed E-state index contributed by atoms with van der Waals surface area (Å²) in [5, 5.41) is 9.58. The molecule has 0 aromatic carbocycles. The summed E-state index contributed by atoms with van der Waals surface area (Å²) in [5.74, 6) is -0.860. The van der Waals surface area contributed by atoms with Crippen molar-refractivity contribution in [3.05, 3.63) is 0 Å². The summed E-state index contributed by atoms with van der Waals surface area (Å²) in [4.78, 5) is 22.0. The van der Waals surface area contributed by atoms with Gasteiger partial charge in [-0.15, -0.1) is 11.8 Å². The lowest BCUT2D eigenvalue weighted by atomic mass is 10.1. The molecule has 0 aliphatic carbocycles. The van der Waals surface area contributed by atoms with Gasteiger partial charge in [0.1, 0.15) is 0 Å². The molecular formula is C9H16O5S. The summed E-state index contributed by atoms with van der Waals surface area (Å²) in [6, 6.07) is 0. The van der Waals surface area contributed by atoms with E-state index in [0.717, 1.165) is 11.8 Å². The Morgan fingerprint density at radius 3 is 2.53 bits per heavy atom. The maximum atomic E-state index is 11.0. The second-order valence-corrected chi connectivity index (χ2v) is 4.05. The first kappa shape index (κ1) is 14.2. The lowest BCUT2D eigenvalue weighted by molar-refractivity contribution is -0.158. The highest BCUT2D eigenvalue weighted by Gasteiger charge is 2.31. The van der Waals surface area contributed by atoms with Crippen molar-refractivity contribution in [3.8, 4) is 0 Å². The van der Waals surface area contributed by atoms with Crippen molar-refractivity contribution in [3.63, 3.8) is 0 Å². The van der Waals surface area contributed by atoms with E-state index in [0.29, 0.717) is 6.61 Å². The summed E-state index contributed by atoms with van der Waals surface area (Å²) >= 11 is 1.13. The van der Waals surface area contributed by atoms with Crippen molar-refractivity contribution in [2.45, 2.75) is 19.4 Å². The van der Waals surface area contributed by atoms with Gasteiger partial charge in [-0.25, -0.2) is 4.79 Å². The Labute approximate surface area is 93.1 Å². The van der Waals surface area contributed by atoms with Crippen LogP contribution in [0.1, 0.15) is 13.8 Å². The fourth-order valence-electron chi connectivity index (χ4n) is 0.815. The van der Waals surface area contributed by atoms with E-state index in [4.69, 9.17) is 0 Å². The number of esters is 2. The molecular weight excluding hydrogens is 220 g/mol. The van der Waals surface area contributed by atoms with Gasteiger partial charge in [-0.2, -0.15) is 0 Å². The first-order chi connectivity index (χ1) is 6.94. The zero-order valence-electron chi connectivity index (χ0n) is 9.11. The Morgan fingerprint density at radius 1 is 1.47 bits per heavy atom. The number of carbonyl (C=O) groups is 2. The van der Waals surface area contributed by atoms with Crippen LogP contribution in [0.2, 0.25) is 0 Å². The molecule has 0 fully saturated rings. The summed E-state index contributed by atoms with van der Waals surface area (Å²) in [6.45, 7) is 3.39. The lowest BCUT2D eigenvalue weighted by Crippen LogP contribution is -2.39. The molecule has 0 saturated carbocycles. The van der Waals surface area contributed by atoms with Gasteiger partial charge >= 0.3 is 11.9 Å². The Hall–Kier alpha value is -0.750. The van der Waals surface area contributed by atoms with Crippen LogP contribution in [-0.2, 0) is 19.1 Å². The van der Waals surface area contributed by atoms with E-state index in [1.54, 1.807) is 6.92 Å². The standard InChI is InChI=1S/C9H16O5S/c1-4-14-7(10)5-15-6-9(2,12)8(11)13-3/h12H,4-6H2,1-3H3. The highest BCUT2D eigenvalue weighted by molar-refractivity contribution is 8.00. The predicted octanol–water partition coefficient (Wildman–Crippen LogP) is 0.207. The maximum absolute atomic E-state index is 11.0. The van der Waals surface area contributed by atoms with Crippen molar-refractivity contribution >= 4 is 23.7 Å². The number of aliphatic hydroxyl groups is 1. The topological polar surface area (TPSA) is 72.8 Å². The van der Waals surface area contributed by atoms with Gasteiger partial charge in [-0.3, -0.25) is 4.79 Å². The minimum absolute atomic E-state index is 0.0957. The molecule has 0 aliphatic rings. The van der Waals surface area contributed by atoms with E-state index in [2.05, 4.69) is 9.47 Å². The number of hydrogen-bond acceptors (Lipinski definition) is 6. The van der Waals surface area contributed by atoms with E-state index in [1.807, 2.05) is 0 Å². The number of methoxy groups -OCH3 is 1. The molecule has 15 heavy (non-hydrogen) atoms. The van der Waals surface area contributed by atoms with Gasteiger partial charge in [-0.1, -0.05) is 0 Å². The molecule has 0 spiro atoms. The summed E-state index contributed by atoms with van der Waals surface area (Å²) < 4.78 is 9.09. The van der Waals surface area contributed by atoms with Crippen molar-refractivity contribution in [2.24, 2.45) is 0 Å². The first-order valence-electron chi connectivity index (χ1n) is 4.48. The van der Waals surface area contributed by atoms with E-state index in [9.17, 15) is 14.7 Å². The quantitative estimate of drug-likeness (QED) is 0.664. The second-order valence-electron chi connectivity index (χ2n) is 3.06. The number of hydrogen-bond donors (Lipinski definition) is 1. The Bertz CT molecular complexity index is 227. The molecule has 0 heterocycles. The second kappa shape index (κ2) is 6.68. The molecule has 88 valence electrons. The zero-order valence-corrected chi connectivity index (χ0v) is 9.93. The Kier molecular flexibility index (Phi) is 6.35. The first-order valence-corrected chi connectivity index (χ1v) is 5.63. The third kappa shape index (κ3) is 5.64. The van der Waals surface area contributed by atoms with Crippen LogP contribution in [0.15, 0.2) is 0 Å². The SMILES string of the molecule is CCOC(=O)CSCC(C)(O)C(=O)OC. The molecule has 0 aromatic heterocycles. The van der Waals surface area contributed by atoms with Crippen LogP contribution in [0.3, 0.4) is 0 Å². The Morgan fingerprint density at radius 2 is 2.07 bits per heavy atom. The highest BCUT2D eigenvalue weighted by atomic mass is 32.2. The highest BCUT2D eigenvalue weighted by Crippen LogP contribution is 2.14. The number of thioether (sulfide) groups is 1. The third-order valence-electron chi connectivity index (χ3n) is 1.53. The molecule has 0 rings (SSSR count). The summed E-state index contributed by atoms with van der Waals surface area (Å²) in [5.41, 5.74) is -1.56. The number of rotatable bonds is 6. The van der Waals surface area contributed by atoms with Gasteiger partial charge in [0.05, 0.1) is 19.5 Å². The number of carbonyl (C=O) groups excluding carboxylic acids is 2. The van der Waals surface area contributed by atoms with Gasteiger partial charge in [0.15, 0.2) is 5.60 Å². The molecule has 1 unspecified atom stereocenters. The molecule has 0 amide bonds. The fraction of sp³-hybridized carbons (Fsp3) is 0.778. The predicted molar refractivity (Wildman–Crippen MR) is 56.6 cm³/mol. The van der Waals surface area contributed by atoms with E-state index in [1.165, 1.54) is 14.0 Å². The average Bonchev–Trinajstić information content (AvgIpc) is 2.16. The maximum Gasteiger partial charge on any atom is 0.338 e. The van der Waals surface area contributed by atoms with Gasteiger partial charge in [0.25, 0.3) is 0 Å². The van der Waals surface area contributed by atoms with Crippen LogP contribution in [0, 0.1) is 0 Å². The normalized spacial score (nSPS) is 14.1. The van der Waals surface area contributed by atoms with Crippen molar-refractivity contribution < 1.29 is 24.2 Å². The lowest BCUT2D eigenvalue weighted by Gasteiger charge is -2.19. The molecule has 0 radical (unpaired) electrons. The molecule has 0 bridgehead atoms. The molecule has 5 nitrogen and oxygen atoms in total. The van der Waals surface area contributed by atoms with Gasteiger partial charge in [-0.05, 0) is 13.8 Å². The smallest absolute Gasteiger partial charge is 0.338 e. The largest absolute Gasteiger partial charge is 0.467 e. The minimum atomic E-state index is -1.56. The van der Waals surface area contributed by atoms with Gasteiger partial charge < -0.3 is 14.6 Å². The third-order valence-corrected chi connectivity index (χ3v) is 2.74. The molecule has 0 aliphatic heterocycles. The van der Waals surface area contributed by atoms with E-state index < -0.39 is 11.6 Å². The van der Waals surface area contributed by atoms with Crippen molar-refractivity contribution in [1.29, 1.82) is 0 Å². The summed E-state index contributed by atoms with van der Waals surface area (Å²) in [7, 11) is 1.20. The minimum Gasteiger partial charge on any atom is -0.467 e. The van der Waals surface area contributed by atoms with Crippen LogP contribution in [0.25, 0.3) is 0 Å². The van der Waals surface area contributed by atoms with E-state index in [-0.39, 0.29) is 17.5 Å². The van der Waals surface area contributed by atoms with Crippen molar-refractivity contribution in [1.82, 2.24) is 0 Å². The molecule has 6 heteroatoms. The molecule has 1 atom stereocenters. The average molecular weight is 236 g/mol. The van der Waals surface area contributed by atoms with Gasteiger partial charge in [0.2, 0.25) is 0 Å². The Balaban J connectivity index is 3.84. The molecule has 0 aromatic rings. The van der Waals surface area contributed by atoms with Gasteiger partial charge in [0, 0.05) is 5.75 Å². The molecule has 1 N–H and O–H groups in total. The van der Waals surface area contributed by atoms with Crippen LogP contribution in [0.5, 0.6) is 0 Å². The monoisotopic (exact) mass is 236 g/mol. The zero-order chi connectivity index (χ0) is 11.9. The van der Waals surface area contributed by atoms with Crippen LogP contribution in [-0.4, -0.2) is 47.9 Å².